The topological polar surface area (TPSA) is 72.9 Å². The number of aromatic hydroxyl groups is 1. The summed E-state index contributed by atoms with van der Waals surface area (Å²) in [6.07, 6.45) is 0. The van der Waals surface area contributed by atoms with Crippen molar-refractivity contribution in [1.82, 2.24) is 9.80 Å². The first-order valence-electron chi connectivity index (χ1n) is 7.93. The summed E-state index contributed by atoms with van der Waals surface area (Å²) in [4.78, 5) is 27.8. The number of nitrogens with one attached hydrogen (secondary N) is 1. The molecular formula is C18H18FN3O3. The van der Waals surface area contributed by atoms with Crippen molar-refractivity contribution in [3.05, 3.63) is 59.9 Å². The first-order chi connectivity index (χ1) is 12.0. The van der Waals surface area contributed by atoms with E-state index in [2.05, 4.69) is 5.32 Å². The fraction of sp³-hybridized carbons (Fsp3) is 0.222. The maximum absolute atomic E-state index is 13.2. The maximum atomic E-state index is 13.2. The number of halogens is 1. The third kappa shape index (κ3) is 3.88. The van der Waals surface area contributed by atoms with E-state index in [-0.39, 0.29) is 23.3 Å². The zero-order valence-corrected chi connectivity index (χ0v) is 13.5. The summed E-state index contributed by atoms with van der Waals surface area (Å²) < 4.78 is 13.2. The lowest BCUT2D eigenvalue weighted by Crippen LogP contribution is -2.51. The number of benzene rings is 2. The highest BCUT2D eigenvalue weighted by molar-refractivity contribution is 5.97. The monoisotopic (exact) mass is 343 g/mol. The molecule has 3 rings (SSSR count). The van der Waals surface area contributed by atoms with Gasteiger partial charge >= 0.3 is 6.03 Å². The second kappa shape index (κ2) is 7.21. The smallest absolute Gasteiger partial charge is 0.321 e. The van der Waals surface area contributed by atoms with Crippen LogP contribution in [0.2, 0.25) is 0 Å². The van der Waals surface area contributed by atoms with Gasteiger partial charge in [0.15, 0.2) is 0 Å². The van der Waals surface area contributed by atoms with Gasteiger partial charge in [-0.2, -0.15) is 0 Å². The summed E-state index contributed by atoms with van der Waals surface area (Å²) in [5.74, 6) is -0.738. The van der Waals surface area contributed by atoms with Crippen LogP contribution in [0.5, 0.6) is 5.75 Å². The average molecular weight is 343 g/mol. The van der Waals surface area contributed by atoms with Gasteiger partial charge in [0.1, 0.15) is 11.6 Å². The lowest BCUT2D eigenvalue weighted by Gasteiger charge is -2.34. The molecule has 1 saturated heterocycles. The summed E-state index contributed by atoms with van der Waals surface area (Å²) >= 11 is 0. The molecule has 0 unspecified atom stereocenters. The Balaban J connectivity index is 1.57. The molecule has 2 aromatic rings. The van der Waals surface area contributed by atoms with Crippen molar-refractivity contribution in [2.75, 3.05) is 31.5 Å². The molecule has 0 saturated carbocycles. The molecule has 3 amide bonds. The highest BCUT2D eigenvalue weighted by Crippen LogP contribution is 2.19. The van der Waals surface area contributed by atoms with E-state index in [1.54, 1.807) is 34.1 Å². The Hall–Kier alpha value is -3.09. The number of para-hydroxylation sites is 1. The number of phenolic OH excluding ortho intramolecular Hbond substituents is 1. The van der Waals surface area contributed by atoms with Crippen molar-refractivity contribution >= 4 is 17.6 Å². The first kappa shape index (κ1) is 16.8. The fourth-order valence-corrected chi connectivity index (χ4v) is 2.71. The number of carbonyl (C=O) groups is 2. The predicted octanol–water partition coefficient (Wildman–Crippen LogP) is 2.52. The van der Waals surface area contributed by atoms with Crippen LogP contribution in [0.4, 0.5) is 14.9 Å². The molecule has 0 radical (unpaired) electrons. The molecule has 6 nitrogen and oxygen atoms in total. The summed E-state index contributed by atoms with van der Waals surface area (Å²) in [7, 11) is 0. The molecule has 2 aromatic carbocycles. The fourth-order valence-electron chi connectivity index (χ4n) is 2.71. The number of anilines is 1. The molecule has 7 heteroatoms. The molecule has 130 valence electrons. The van der Waals surface area contributed by atoms with Gasteiger partial charge in [-0.3, -0.25) is 4.79 Å². The highest BCUT2D eigenvalue weighted by Gasteiger charge is 2.26. The largest absolute Gasteiger partial charge is 0.507 e. The Morgan fingerprint density at radius 1 is 0.960 bits per heavy atom. The van der Waals surface area contributed by atoms with E-state index >= 15 is 0 Å². The minimum absolute atomic E-state index is 0.0567. The zero-order valence-electron chi connectivity index (χ0n) is 13.5. The first-order valence-corrected chi connectivity index (χ1v) is 7.93. The van der Waals surface area contributed by atoms with E-state index in [0.29, 0.717) is 31.9 Å². The second-order valence-corrected chi connectivity index (χ2v) is 5.74. The lowest BCUT2D eigenvalue weighted by molar-refractivity contribution is 0.0668. The Kier molecular flexibility index (Phi) is 4.83. The van der Waals surface area contributed by atoms with Crippen LogP contribution in [0.3, 0.4) is 0 Å². The van der Waals surface area contributed by atoms with Gasteiger partial charge in [0, 0.05) is 31.9 Å². The molecule has 1 fully saturated rings. The number of hydrogen-bond donors (Lipinski definition) is 2. The molecule has 2 N–H and O–H groups in total. The normalized spacial score (nSPS) is 14.3. The lowest BCUT2D eigenvalue weighted by atomic mass is 10.1. The quantitative estimate of drug-likeness (QED) is 0.880. The zero-order chi connectivity index (χ0) is 17.8. The number of urea groups is 1. The molecule has 1 aliphatic heterocycles. The van der Waals surface area contributed by atoms with Crippen molar-refractivity contribution in [2.24, 2.45) is 0 Å². The van der Waals surface area contributed by atoms with Crippen molar-refractivity contribution in [3.63, 3.8) is 0 Å². The molecule has 0 atom stereocenters. The van der Waals surface area contributed by atoms with E-state index in [4.69, 9.17) is 0 Å². The molecule has 1 aliphatic rings. The van der Waals surface area contributed by atoms with Crippen LogP contribution < -0.4 is 5.32 Å². The SMILES string of the molecule is O=C(Nc1cccc(F)c1)N1CCN(C(=O)c2ccccc2O)CC1. The number of hydrogen-bond acceptors (Lipinski definition) is 3. The molecule has 0 bridgehead atoms. The summed E-state index contributed by atoms with van der Waals surface area (Å²) in [5.41, 5.74) is 0.637. The Labute approximate surface area is 144 Å². The van der Waals surface area contributed by atoms with E-state index in [0.717, 1.165) is 0 Å². The molecule has 0 aliphatic carbocycles. The summed E-state index contributed by atoms with van der Waals surface area (Å²) in [6, 6.07) is 11.7. The summed E-state index contributed by atoms with van der Waals surface area (Å²) in [5, 5.41) is 12.4. The van der Waals surface area contributed by atoms with Crippen LogP contribution in [0.15, 0.2) is 48.5 Å². The van der Waals surface area contributed by atoms with Gasteiger partial charge in [0.25, 0.3) is 5.91 Å². The van der Waals surface area contributed by atoms with Crippen LogP contribution in [0.1, 0.15) is 10.4 Å². The predicted molar refractivity (Wildman–Crippen MR) is 91.0 cm³/mol. The molecular weight excluding hydrogens is 325 g/mol. The Morgan fingerprint density at radius 3 is 2.32 bits per heavy atom. The number of piperazine rings is 1. The minimum atomic E-state index is -0.420. The van der Waals surface area contributed by atoms with Gasteiger partial charge in [-0.15, -0.1) is 0 Å². The maximum Gasteiger partial charge on any atom is 0.321 e. The number of nitrogens with zero attached hydrogens (tertiary/aromatic N) is 2. The third-order valence-electron chi connectivity index (χ3n) is 4.06. The standard InChI is InChI=1S/C18H18FN3O3/c19-13-4-3-5-14(12-13)20-18(25)22-10-8-21(9-11-22)17(24)15-6-1-2-7-16(15)23/h1-7,12,23H,8-11H2,(H,20,25). The van der Waals surface area contributed by atoms with E-state index in [9.17, 15) is 19.1 Å². The van der Waals surface area contributed by atoms with Gasteiger partial charge in [-0.1, -0.05) is 18.2 Å². The molecule has 0 aromatic heterocycles. The van der Waals surface area contributed by atoms with Crippen molar-refractivity contribution < 1.29 is 19.1 Å². The van der Waals surface area contributed by atoms with Crippen LogP contribution in [-0.2, 0) is 0 Å². The number of carbonyl (C=O) groups excluding carboxylic acids is 2. The Morgan fingerprint density at radius 2 is 1.64 bits per heavy atom. The van der Waals surface area contributed by atoms with Crippen molar-refractivity contribution in [1.29, 1.82) is 0 Å². The Bertz CT molecular complexity index is 789. The second-order valence-electron chi connectivity index (χ2n) is 5.74. The molecule has 0 spiro atoms. The number of rotatable bonds is 2. The molecule has 1 heterocycles. The van der Waals surface area contributed by atoms with Gasteiger partial charge in [0.2, 0.25) is 0 Å². The van der Waals surface area contributed by atoms with Gasteiger partial charge in [-0.25, -0.2) is 9.18 Å². The van der Waals surface area contributed by atoms with E-state index < -0.39 is 5.82 Å². The number of phenols is 1. The van der Waals surface area contributed by atoms with Gasteiger partial charge in [0.05, 0.1) is 5.56 Å². The van der Waals surface area contributed by atoms with E-state index in [1.165, 1.54) is 24.3 Å². The third-order valence-corrected chi connectivity index (χ3v) is 4.06. The molecule has 25 heavy (non-hydrogen) atoms. The van der Waals surface area contributed by atoms with Crippen LogP contribution in [0.25, 0.3) is 0 Å². The minimum Gasteiger partial charge on any atom is -0.507 e. The van der Waals surface area contributed by atoms with Gasteiger partial charge in [-0.05, 0) is 30.3 Å². The van der Waals surface area contributed by atoms with Crippen molar-refractivity contribution in [2.45, 2.75) is 0 Å². The summed E-state index contributed by atoms with van der Waals surface area (Å²) in [6.45, 7) is 1.45. The number of amides is 3. The van der Waals surface area contributed by atoms with Crippen molar-refractivity contribution in [3.8, 4) is 5.75 Å². The van der Waals surface area contributed by atoms with Gasteiger partial charge < -0.3 is 20.2 Å². The van der Waals surface area contributed by atoms with E-state index in [1.807, 2.05) is 0 Å². The van der Waals surface area contributed by atoms with Crippen LogP contribution >= 0.6 is 0 Å². The highest BCUT2D eigenvalue weighted by atomic mass is 19.1. The van der Waals surface area contributed by atoms with Crippen LogP contribution in [-0.4, -0.2) is 53.0 Å². The average Bonchev–Trinajstić information content (AvgIpc) is 2.62. The van der Waals surface area contributed by atoms with Crippen LogP contribution in [0, 0.1) is 5.82 Å².